The van der Waals surface area contributed by atoms with Crippen LogP contribution in [0.4, 0.5) is 5.69 Å². The van der Waals surface area contributed by atoms with Gasteiger partial charge in [0.1, 0.15) is 5.75 Å². The Morgan fingerprint density at radius 2 is 1.83 bits per heavy atom. The number of nitrogens with one attached hydrogen (secondary N) is 2. The van der Waals surface area contributed by atoms with E-state index >= 15 is 0 Å². The minimum Gasteiger partial charge on any atom is -0.494 e. The van der Waals surface area contributed by atoms with Gasteiger partial charge in [0.05, 0.1) is 13.2 Å². The molecule has 0 atom stereocenters. The maximum absolute atomic E-state index is 12.1. The van der Waals surface area contributed by atoms with Crippen molar-refractivity contribution in [3.05, 3.63) is 58.1 Å². The average Bonchev–Trinajstić information content (AvgIpc) is 2.57. The van der Waals surface area contributed by atoms with Crippen molar-refractivity contribution in [1.29, 1.82) is 0 Å². The van der Waals surface area contributed by atoms with Crippen LogP contribution in [0.3, 0.4) is 0 Å². The van der Waals surface area contributed by atoms with Crippen LogP contribution in [0, 0.1) is 6.92 Å². The summed E-state index contributed by atoms with van der Waals surface area (Å²) in [7, 11) is 0. The summed E-state index contributed by atoms with van der Waals surface area (Å²) >= 11 is 3.33. The van der Waals surface area contributed by atoms with E-state index in [1.165, 1.54) is 0 Å². The lowest BCUT2D eigenvalue weighted by Gasteiger charge is -2.10. The molecule has 0 saturated carbocycles. The van der Waals surface area contributed by atoms with Crippen LogP contribution in [0.15, 0.2) is 46.9 Å². The number of ether oxygens (including phenoxy) is 1. The number of aryl methyl sites for hydroxylation is 1. The fourth-order valence-electron chi connectivity index (χ4n) is 2.11. The van der Waals surface area contributed by atoms with E-state index in [4.69, 9.17) is 4.74 Å². The van der Waals surface area contributed by atoms with Crippen molar-refractivity contribution in [3.63, 3.8) is 0 Å². The van der Waals surface area contributed by atoms with Gasteiger partial charge in [-0.25, -0.2) is 0 Å². The molecule has 5 nitrogen and oxygen atoms in total. The zero-order valence-electron chi connectivity index (χ0n) is 13.6. The second-order valence-electron chi connectivity index (χ2n) is 5.15. The van der Waals surface area contributed by atoms with Crippen molar-refractivity contribution in [2.45, 2.75) is 13.8 Å². The largest absolute Gasteiger partial charge is 0.494 e. The predicted molar refractivity (Wildman–Crippen MR) is 97.5 cm³/mol. The molecule has 2 amide bonds. The number of benzene rings is 2. The van der Waals surface area contributed by atoms with E-state index in [-0.39, 0.29) is 18.4 Å². The van der Waals surface area contributed by atoms with E-state index in [9.17, 15) is 9.59 Å². The molecule has 0 aliphatic heterocycles. The fourth-order valence-corrected chi connectivity index (χ4v) is 2.37. The first kappa shape index (κ1) is 18.0. The molecular weight excluding hydrogens is 372 g/mol. The molecule has 0 aliphatic carbocycles. The molecule has 0 aromatic heterocycles. The second-order valence-corrected chi connectivity index (χ2v) is 6.07. The van der Waals surface area contributed by atoms with Crippen molar-refractivity contribution in [1.82, 2.24) is 5.32 Å². The number of carbonyl (C=O) groups excluding carboxylic acids is 2. The Balaban J connectivity index is 1.89. The number of carbonyl (C=O) groups is 2. The molecule has 0 radical (unpaired) electrons. The molecule has 6 heteroatoms. The van der Waals surface area contributed by atoms with Crippen molar-refractivity contribution >= 4 is 33.4 Å². The van der Waals surface area contributed by atoms with E-state index in [0.717, 1.165) is 15.8 Å². The summed E-state index contributed by atoms with van der Waals surface area (Å²) in [6, 6.07) is 12.4. The summed E-state index contributed by atoms with van der Waals surface area (Å²) in [5, 5.41) is 5.33. The van der Waals surface area contributed by atoms with Crippen LogP contribution in [0.5, 0.6) is 5.75 Å². The standard InChI is InChI=1S/C18H19BrN2O3/c1-3-24-16-9-4-13(10-12(16)2)18(23)20-11-17(22)21-15-7-5-14(19)6-8-15/h4-10H,3,11H2,1-2H3,(H,20,23)(H,21,22). The van der Waals surface area contributed by atoms with Gasteiger partial charge in [0, 0.05) is 15.7 Å². The lowest BCUT2D eigenvalue weighted by molar-refractivity contribution is -0.115. The van der Waals surface area contributed by atoms with Crippen molar-refractivity contribution in [3.8, 4) is 5.75 Å². The summed E-state index contributed by atoms with van der Waals surface area (Å²) in [6.45, 7) is 4.26. The van der Waals surface area contributed by atoms with Gasteiger partial charge in [-0.05, 0) is 61.9 Å². The van der Waals surface area contributed by atoms with Crippen LogP contribution < -0.4 is 15.4 Å². The van der Waals surface area contributed by atoms with Crippen molar-refractivity contribution < 1.29 is 14.3 Å². The zero-order chi connectivity index (χ0) is 17.5. The first-order valence-corrected chi connectivity index (χ1v) is 8.36. The fraction of sp³-hybridized carbons (Fsp3) is 0.222. The molecule has 24 heavy (non-hydrogen) atoms. The van der Waals surface area contributed by atoms with Crippen molar-refractivity contribution in [2.24, 2.45) is 0 Å². The number of anilines is 1. The number of rotatable bonds is 6. The molecule has 126 valence electrons. The van der Waals surface area contributed by atoms with Crippen LogP contribution in [0.25, 0.3) is 0 Å². The smallest absolute Gasteiger partial charge is 0.251 e. The van der Waals surface area contributed by atoms with Gasteiger partial charge < -0.3 is 15.4 Å². The maximum atomic E-state index is 12.1. The molecule has 0 unspecified atom stereocenters. The maximum Gasteiger partial charge on any atom is 0.251 e. The summed E-state index contributed by atoms with van der Waals surface area (Å²) < 4.78 is 6.38. The van der Waals surface area contributed by atoms with Gasteiger partial charge in [0.15, 0.2) is 0 Å². The third-order valence-corrected chi connectivity index (χ3v) is 3.80. The number of hydrogen-bond donors (Lipinski definition) is 2. The van der Waals surface area contributed by atoms with Gasteiger partial charge in [-0.3, -0.25) is 9.59 Å². The van der Waals surface area contributed by atoms with Crippen molar-refractivity contribution in [2.75, 3.05) is 18.5 Å². The Morgan fingerprint density at radius 3 is 2.46 bits per heavy atom. The Labute approximate surface area is 149 Å². The van der Waals surface area contributed by atoms with Crippen LogP contribution in [0.1, 0.15) is 22.8 Å². The monoisotopic (exact) mass is 390 g/mol. The molecule has 2 aromatic carbocycles. The van der Waals surface area contributed by atoms with Crippen LogP contribution in [-0.4, -0.2) is 25.0 Å². The minimum atomic E-state index is -0.299. The van der Waals surface area contributed by atoms with Gasteiger partial charge in [0.2, 0.25) is 5.91 Å². The molecule has 2 aromatic rings. The molecule has 2 N–H and O–H groups in total. The summed E-state index contributed by atoms with van der Waals surface area (Å²) in [5.41, 5.74) is 2.05. The van der Waals surface area contributed by atoms with E-state index in [1.807, 2.05) is 26.0 Å². The average molecular weight is 391 g/mol. The SMILES string of the molecule is CCOc1ccc(C(=O)NCC(=O)Nc2ccc(Br)cc2)cc1C. The predicted octanol–water partition coefficient (Wildman–Crippen LogP) is 3.52. The topological polar surface area (TPSA) is 67.4 Å². The van der Waals surface area contributed by atoms with E-state index < -0.39 is 0 Å². The molecule has 0 aliphatic rings. The van der Waals surface area contributed by atoms with E-state index in [1.54, 1.807) is 30.3 Å². The molecule has 0 heterocycles. The zero-order valence-corrected chi connectivity index (χ0v) is 15.1. The van der Waals surface area contributed by atoms with Gasteiger partial charge in [-0.2, -0.15) is 0 Å². The quantitative estimate of drug-likeness (QED) is 0.792. The Bertz CT molecular complexity index is 730. The molecule has 0 bridgehead atoms. The lowest BCUT2D eigenvalue weighted by Crippen LogP contribution is -2.32. The van der Waals surface area contributed by atoms with Crippen LogP contribution in [0.2, 0.25) is 0 Å². The molecular formula is C18H19BrN2O3. The molecule has 0 saturated heterocycles. The van der Waals surface area contributed by atoms with Crippen LogP contribution >= 0.6 is 15.9 Å². The third kappa shape index (κ3) is 5.09. The van der Waals surface area contributed by atoms with Gasteiger partial charge >= 0.3 is 0 Å². The minimum absolute atomic E-state index is 0.0961. The second kappa shape index (κ2) is 8.49. The number of halogens is 1. The highest BCUT2D eigenvalue weighted by atomic mass is 79.9. The third-order valence-electron chi connectivity index (χ3n) is 3.27. The first-order valence-electron chi connectivity index (χ1n) is 7.56. The number of amides is 2. The molecule has 2 rings (SSSR count). The molecule has 0 fully saturated rings. The van der Waals surface area contributed by atoms with Gasteiger partial charge in [0.25, 0.3) is 5.91 Å². The number of hydrogen-bond acceptors (Lipinski definition) is 3. The summed E-state index contributed by atoms with van der Waals surface area (Å²) in [4.78, 5) is 24.0. The van der Waals surface area contributed by atoms with E-state index in [0.29, 0.717) is 17.9 Å². The Hall–Kier alpha value is -2.34. The van der Waals surface area contributed by atoms with Gasteiger partial charge in [-0.15, -0.1) is 0 Å². The highest BCUT2D eigenvalue weighted by Gasteiger charge is 2.10. The Kier molecular flexibility index (Phi) is 6.37. The van der Waals surface area contributed by atoms with Crippen LogP contribution in [-0.2, 0) is 4.79 Å². The first-order chi connectivity index (χ1) is 11.5. The highest BCUT2D eigenvalue weighted by Crippen LogP contribution is 2.19. The van der Waals surface area contributed by atoms with Gasteiger partial charge in [-0.1, -0.05) is 15.9 Å². The summed E-state index contributed by atoms with van der Waals surface area (Å²) in [6.07, 6.45) is 0. The summed E-state index contributed by atoms with van der Waals surface area (Å²) in [5.74, 6) is 0.169. The lowest BCUT2D eigenvalue weighted by atomic mass is 10.1. The Morgan fingerprint density at radius 1 is 1.12 bits per heavy atom. The highest BCUT2D eigenvalue weighted by molar-refractivity contribution is 9.10. The van der Waals surface area contributed by atoms with E-state index in [2.05, 4.69) is 26.6 Å². The normalized spacial score (nSPS) is 10.1. The molecule has 0 spiro atoms.